The van der Waals surface area contributed by atoms with E-state index in [1.807, 2.05) is 56.3 Å². The standard InChI is InChI=1S/C19H29N3O2/c1-4-22-17(23)12-11-16(18(22)15-9-6-5-7-10-15)19(24)20-13-8-14-21(2)3/h5-7,9-10,16,18H,4,8,11-14H2,1-3H3,(H,20,24)/t16-,18+/m1/s1. The second-order valence-corrected chi connectivity index (χ2v) is 6.63. The van der Waals surface area contributed by atoms with Crippen molar-refractivity contribution in [3.63, 3.8) is 0 Å². The van der Waals surface area contributed by atoms with Gasteiger partial charge in [-0.15, -0.1) is 0 Å². The number of hydrogen-bond donors (Lipinski definition) is 1. The number of likely N-dealkylation sites (tertiary alicyclic amines) is 1. The summed E-state index contributed by atoms with van der Waals surface area (Å²) in [6.07, 6.45) is 2.00. The molecular weight excluding hydrogens is 302 g/mol. The monoisotopic (exact) mass is 331 g/mol. The van der Waals surface area contributed by atoms with Crippen molar-refractivity contribution < 1.29 is 9.59 Å². The zero-order valence-corrected chi connectivity index (χ0v) is 15.0. The van der Waals surface area contributed by atoms with E-state index < -0.39 is 0 Å². The van der Waals surface area contributed by atoms with Gasteiger partial charge in [0.15, 0.2) is 0 Å². The lowest BCUT2D eigenvalue weighted by Gasteiger charge is -2.40. The highest BCUT2D eigenvalue weighted by Crippen LogP contribution is 2.36. The molecule has 5 heteroatoms. The fourth-order valence-corrected chi connectivity index (χ4v) is 3.40. The Morgan fingerprint density at radius 2 is 2.00 bits per heavy atom. The van der Waals surface area contributed by atoms with Crippen LogP contribution in [0, 0.1) is 5.92 Å². The minimum absolute atomic E-state index is 0.0635. The van der Waals surface area contributed by atoms with E-state index in [-0.39, 0.29) is 23.8 Å². The van der Waals surface area contributed by atoms with Crippen molar-refractivity contribution in [2.24, 2.45) is 5.92 Å². The molecule has 2 rings (SSSR count). The van der Waals surface area contributed by atoms with Crippen LogP contribution < -0.4 is 5.32 Å². The predicted molar refractivity (Wildman–Crippen MR) is 95.5 cm³/mol. The molecule has 132 valence electrons. The van der Waals surface area contributed by atoms with Crippen molar-refractivity contribution in [2.45, 2.75) is 32.2 Å². The second kappa shape index (κ2) is 8.83. The van der Waals surface area contributed by atoms with E-state index in [1.165, 1.54) is 0 Å². The number of carbonyl (C=O) groups is 2. The smallest absolute Gasteiger partial charge is 0.225 e. The number of carbonyl (C=O) groups excluding carboxylic acids is 2. The molecule has 0 spiro atoms. The van der Waals surface area contributed by atoms with Gasteiger partial charge in [0, 0.05) is 19.5 Å². The molecule has 24 heavy (non-hydrogen) atoms. The Morgan fingerprint density at radius 1 is 1.29 bits per heavy atom. The third-order valence-corrected chi connectivity index (χ3v) is 4.61. The number of piperidine rings is 1. The molecule has 1 N–H and O–H groups in total. The first-order valence-corrected chi connectivity index (χ1v) is 8.81. The predicted octanol–water partition coefficient (Wildman–Crippen LogP) is 2.05. The SMILES string of the molecule is CCN1C(=O)CC[C@@H](C(=O)NCCCN(C)C)[C@@H]1c1ccccc1. The summed E-state index contributed by atoms with van der Waals surface area (Å²) in [5, 5.41) is 3.06. The minimum Gasteiger partial charge on any atom is -0.356 e. The summed E-state index contributed by atoms with van der Waals surface area (Å²) >= 11 is 0. The molecule has 0 aromatic heterocycles. The quantitative estimate of drug-likeness (QED) is 0.778. The number of nitrogens with zero attached hydrogens (tertiary/aromatic N) is 2. The Bertz CT molecular complexity index is 545. The van der Waals surface area contributed by atoms with Crippen molar-refractivity contribution in [3.05, 3.63) is 35.9 Å². The fourth-order valence-electron chi connectivity index (χ4n) is 3.40. The summed E-state index contributed by atoms with van der Waals surface area (Å²) in [6, 6.07) is 9.76. The van der Waals surface area contributed by atoms with Crippen LogP contribution in [-0.2, 0) is 9.59 Å². The Labute approximate surface area is 145 Å². The summed E-state index contributed by atoms with van der Waals surface area (Å²) in [6.45, 7) is 4.23. The van der Waals surface area contributed by atoms with Gasteiger partial charge in [-0.2, -0.15) is 0 Å². The molecule has 1 aromatic carbocycles. The topological polar surface area (TPSA) is 52.7 Å². The van der Waals surface area contributed by atoms with Crippen molar-refractivity contribution >= 4 is 11.8 Å². The van der Waals surface area contributed by atoms with E-state index >= 15 is 0 Å². The van der Waals surface area contributed by atoms with Gasteiger partial charge in [-0.05, 0) is 46.0 Å². The third-order valence-electron chi connectivity index (χ3n) is 4.61. The molecule has 0 bridgehead atoms. The molecule has 1 heterocycles. The van der Waals surface area contributed by atoms with E-state index in [1.54, 1.807) is 0 Å². The maximum absolute atomic E-state index is 12.7. The largest absolute Gasteiger partial charge is 0.356 e. The molecule has 5 nitrogen and oxygen atoms in total. The van der Waals surface area contributed by atoms with Gasteiger partial charge in [0.05, 0.1) is 12.0 Å². The van der Waals surface area contributed by atoms with Crippen LogP contribution in [0.15, 0.2) is 30.3 Å². The van der Waals surface area contributed by atoms with Gasteiger partial charge in [-0.3, -0.25) is 9.59 Å². The maximum atomic E-state index is 12.7. The first-order chi connectivity index (χ1) is 11.5. The van der Waals surface area contributed by atoms with Crippen LogP contribution in [0.25, 0.3) is 0 Å². The number of benzene rings is 1. The van der Waals surface area contributed by atoms with Crippen molar-refractivity contribution in [2.75, 3.05) is 33.7 Å². The summed E-state index contributed by atoms with van der Waals surface area (Å²) < 4.78 is 0. The summed E-state index contributed by atoms with van der Waals surface area (Å²) in [7, 11) is 4.05. The average Bonchev–Trinajstić information content (AvgIpc) is 2.58. The Hall–Kier alpha value is -1.88. The highest BCUT2D eigenvalue weighted by molar-refractivity contribution is 5.85. The first-order valence-electron chi connectivity index (χ1n) is 8.81. The Morgan fingerprint density at radius 3 is 2.62 bits per heavy atom. The van der Waals surface area contributed by atoms with E-state index in [4.69, 9.17) is 0 Å². The summed E-state index contributed by atoms with van der Waals surface area (Å²) in [5.74, 6) is 0.0287. The van der Waals surface area contributed by atoms with Gasteiger partial charge < -0.3 is 15.1 Å². The van der Waals surface area contributed by atoms with E-state index in [2.05, 4.69) is 10.2 Å². The highest BCUT2D eigenvalue weighted by atomic mass is 16.2. The second-order valence-electron chi connectivity index (χ2n) is 6.63. The van der Waals surface area contributed by atoms with E-state index in [0.717, 1.165) is 18.5 Å². The van der Waals surface area contributed by atoms with Gasteiger partial charge in [0.1, 0.15) is 0 Å². The molecule has 1 aliphatic heterocycles. The number of amides is 2. The first kappa shape index (κ1) is 18.5. The lowest BCUT2D eigenvalue weighted by Crippen LogP contribution is -2.48. The molecule has 0 saturated carbocycles. The minimum atomic E-state index is -0.176. The summed E-state index contributed by atoms with van der Waals surface area (Å²) in [4.78, 5) is 29.0. The number of rotatable bonds is 7. The zero-order valence-electron chi connectivity index (χ0n) is 15.0. The molecule has 1 aliphatic rings. The van der Waals surface area contributed by atoms with Gasteiger partial charge in [0.25, 0.3) is 0 Å². The van der Waals surface area contributed by atoms with E-state index in [0.29, 0.717) is 25.9 Å². The van der Waals surface area contributed by atoms with Crippen molar-refractivity contribution in [1.82, 2.24) is 15.1 Å². The Balaban J connectivity index is 2.10. The van der Waals surface area contributed by atoms with Crippen LogP contribution >= 0.6 is 0 Å². The normalized spacial score (nSPS) is 21.2. The van der Waals surface area contributed by atoms with Crippen LogP contribution in [0.1, 0.15) is 37.8 Å². The number of hydrogen-bond acceptors (Lipinski definition) is 3. The van der Waals surface area contributed by atoms with Crippen molar-refractivity contribution in [1.29, 1.82) is 0 Å². The molecule has 0 radical (unpaired) electrons. The van der Waals surface area contributed by atoms with Gasteiger partial charge >= 0.3 is 0 Å². The van der Waals surface area contributed by atoms with Crippen LogP contribution in [0.2, 0.25) is 0 Å². The number of nitrogens with one attached hydrogen (secondary N) is 1. The molecule has 2 amide bonds. The lowest BCUT2D eigenvalue weighted by atomic mass is 9.83. The summed E-state index contributed by atoms with van der Waals surface area (Å²) in [5.41, 5.74) is 1.04. The van der Waals surface area contributed by atoms with Gasteiger partial charge in [-0.1, -0.05) is 30.3 Å². The highest BCUT2D eigenvalue weighted by Gasteiger charge is 2.39. The molecular formula is C19H29N3O2. The van der Waals surface area contributed by atoms with Crippen LogP contribution in [0.4, 0.5) is 0 Å². The fraction of sp³-hybridized carbons (Fsp3) is 0.579. The van der Waals surface area contributed by atoms with Gasteiger partial charge in [-0.25, -0.2) is 0 Å². The maximum Gasteiger partial charge on any atom is 0.225 e. The molecule has 2 atom stereocenters. The van der Waals surface area contributed by atoms with Crippen LogP contribution in [-0.4, -0.2) is 55.3 Å². The van der Waals surface area contributed by atoms with Crippen molar-refractivity contribution in [3.8, 4) is 0 Å². The molecule has 1 fully saturated rings. The lowest BCUT2D eigenvalue weighted by molar-refractivity contribution is -0.143. The molecule has 0 aliphatic carbocycles. The average molecular weight is 331 g/mol. The Kier molecular flexibility index (Phi) is 6.79. The van der Waals surface area contributed by atoms with Crippen LogP contribution in [0.5, 0.6) is 0 Å². The zero-order chi connectivity index (χ0) is 17.5. The van der Waals surface area contributed by atoms with Gasteiger partial charge in [0.2, 0.25) is 11.8 Å². The molecule has 0 unspecified atom stereocenters. The third kappa shape index (κ3) is 4.57. The van der Waals surface area contributed by atoms with Crippen LogP contribution in [0.3, 0.4) is 0 Å². The van der Waals surface area contributed by atoms with E-state index in [9.17, 15) is 9.59 Å². The molecule has 1 aromatic rings. The molecule has 1 saturated heterocycles.